The zero-order chi connectivity index (χ0) is 16.4. The number of hydrogen-bond donors (Lipinski definition) is 0. The van der Waals surface area contributed by atoms with Crippen LogP contribution >= 0.6 is 0 Å². The molecule has 0 aliphatic carbocycles. The third-order valence-corrected chi connectivity index (χ3v) is 4.09. The van der Waals surface area contributed by atoms with E-state index in [-0.39, 0.29) is 5.92 Å². The molecule has 0 spiro atoms. The summed E-state index contributed by atoms with van der Waals surface area (Å²) in [6.45, 7) is 1.09. The molecule has 1 aromatic heterocycles. The lowest BCUT2D eigenvalue weighted by molar-refractivity contribution is -0.138. The molecule has 3 nitrogen and oxygen atoms in total. The quantitative estimate of drug-likeness (QED) is 0.781. The summed E-state index contributed by atoms with van der Waals surface area (Å²) < 4.78 is 52.2. The van der Waals surface area contributed by atoms with Gasteiger partial charge in [-0.05, 0) is 30.4 Å². The van der Waals surface area contributed by atoms with Gasteiger partial charge in [-0.15, -0.1) is 0 Å². The molecule has 0 saturated carbocycles. The highest BCUT2D eigenvalue weighted by Gasteiger charge is 2.35. The maximum atomic E-state index is 13.1. The summed E-state index contributed by atoms with van der Waals surface area (Å²) >= 11 is 0. The Morgan fingerprint density at radius 1 is 1.00 bits per heavy atom. The van der Waals surface area contributed by atoms with Gasteiger partial charge >= 0.3 is 6.18 Å². The molecule has 23 heavy (non-hydrogen) atoms. The van der Waals surface area contributed by atoms with Crippen molar-refractivity contribution in [2.24, 2.45) is 0 Å². The van der Waals surface area contributed by atoms with Crippen molar-refractivity contribution in [2.75, 3.05) is 18.0 Å². The summed E-state index contributed by atoms with van der Waals surface area (Å²) in [7, 11) is 0. The normalized spacial score (nSPS) is 16.6. The minimum Gasteiger partial charge on any atom is -0.341 e. The average Bonchev–Trinajstić information content (AvgIpc) is 2.55. The fourth-order valence-electron chi connectivity index (χ4n) is 2.97. The highest BCUT2D eigenvalue weighted by Crippen LogP contribution is 2.38. The van der Waals surface area contributed by atoms with Crippen LogP contribution in [0.25, 0.3) is 0 Å². The van der Waals surface area contributed by atoms with Crippen molar-refractivity contribution in [3.05, 3.63) is 53.6 Å². The van der Waals surface area contributed by atoms with Gasteiger partial charge < -0.3 is 4.90 Å². The van der Waals surface area contributed by atoms with Gasteiger partial charge in [-0.3, -0.25) is 0 Å². The van der Waals surface area contributed by atoms with Crippen molar-refractivity contribution >= 4 is 5.95 Å². The molecule has 1 aliphatic heterocycles. The molecule has 2 aromatic rings. The minimum atomic E-state index is -4.34. The Hall–Kier alpha value is -2.18. The molecule has 0 bridgehead atoms. The van der Waals surface area contributed by atoms with Gasteiger partial charge in [0.05, 0.1) is 18.0 Å². The smallest absolute Gasteiger partial charge is 0.341 e. The van der Waals surface area contributed by atoms with Crippen LogP contribution in [0.1, 0.15) is 29.9 Å². The summed E-state index contributed by atoms with van der Waals surface area (Å²) in [6, 6.07) is 5.73. The standard InChI is InChI=1S/C16H15F4N3/c17-12-9-21-15(22-10-12)23-7-5-11(6-8-23)13-3-1-2-4-14(13)16(18,19)20/h1-4,9-11H,5-8H2. The van der Waals surface area contributed by atoms with E-state index >= 15 is 0 Å². The van der Waals surface area contributed by atoms with E-state index in [1.165, 1.54) is 6.07 Å². The second-order valence-corrected chi connectivity index (χ2v) is 5.55. The predicted molar refractivity (Wildman–Crippen MR) is 77.6 cm³/mol. The summed E-state index contributed by atoms with van der Waals surface area (Å²) in [6.07, 6.45) is -1.00. The van der Waals surface area contributed by atoms with Crippen LogP contribution in [0.3, 0.4) is 0 Å². The Bertz CT molecular complexity index is 662. The number of rotatable bonds is 2. The number of aromatic nitrogens is 2. The Kier molecular flexibility index (Phi) is 4.19. The second-order valence-electron chi connectivity index (χ2n) is 5.55. The van der Waals surface area contributed by atoms with Gasteiger partial charge in [0.1, 0.15) is 0 Å². The van der Waals surface area contributed by atoms with Gasteiger partial charge in [0.25, 0.3) is 0 Å². The van der Waals surface area contributed by atoms with Crippen molar-refractivity contribution < 1.29 is 17.6 Å². The highest BCUT2D eigenvalue weighted by atomic mass is 19.4. The van der Waals surface area contributed by atoms with E-state index in [0.29, 0.717) is 37.4 Å². The van der Waals surface area contributed by atoms with Crippen LogP contribution in [0.2, 0.25) is 0 Å². The molecule has 1 aromatic carbocycles. The molecule has 7 heteroatoms. The molecule has 1 saturated heterocycles. The Morgan fingerprint density at radius 2 is 1.61 bits per heavy atom. The van der Waals surface area contributed by atoms with Gasteiger partial charge in [-0.1, -0.05) is 18.2 Å². The number of alkyl halides is 3. The highest BCUT2D eigenvalue weighted by molar-refractivity contribution is 5.36. The average molecular weight is 325 g/mol. The van der Waals surface area contributed by atoms with Crippen LogP contribution in [0.15, 0.2) is 36.7 Å². The van der Waals surface area contributed by atoms with Crippen molar-refractivity contribution in [3.63, 3.8) is 0 Å². The summed E-state index contributed by atoms with van der Waals surface area (Å²) in [5.74, 6) is -0.249. The van der Waals surface area contributed by atoms with Gasteiger partial charge in [-0.2, -0.15) is 13.2 Å². The second kappa shape index (κ2) is 6.14. The predicted octanol–water partition coefficient (Wildman–Crippen LogP) is 4.02. The fraction of sp³-hybridized carbons (Fsp3) is 0.375. The Balaban J connectivity index is 1.74. The monoisotopic (exact) mass is 325 g/mol. The van der Waals surface area contributed by atoms with Crippen LogP contribution in [0.5, 0.6) is 0 Å². The number of halogens is 4. The van der Waals surface area contributed by atoms with Crippen molar-refractivity contribution in [2.45, 2.75) is 24.9 Å². The van der Waals surface area contributed by atoms with Crippen molar-refractivity contribution in [1.29, 1.82) is 0 Å². The molecular formula is C16H15F4N3. The zero-order valence-electron chi connectivity index (χ0n) is 12.2. The Morgan fingerprint density at radius 3 is 2.22 bits per heavy atom. The molecule has 0 atom stereocenters. The molecule has 0 amide bonds. The third-order valence-electron chi connectivity index (χ3n) is 4.09. The number of piperidine rings is 1. The lowest BCUT2D eigenvalue weighted by Gasteiger charge is -2.33. The largest absolute Gasteiger partial charge is 0.416 e. The molecular weight excluding hydrogens is 310 g/mol. The van der Waals surface area contributed by atoms with Crippen molar-refractivity contribution in [3.8, 4) is 0 Å². The number of anilines is 1. The summed E-state index contributed by atoms with van der Waals surface area (Å²) in [4.78, 5) is 9.70. The van der Waals surface area contributed by atoms with E-state index in [0.717, 1.165) is 18.5 Å². The van der Waals surface area contributed by atoms with Crippen LogP contribution in [-0.4, -0.2) is 23.1 Å². The van der Waals surface area contributed by atoms with Crippen molar-refractivity contribution in [1.82, 2.24) is 9.97 Å². The molecule has 122 valence electrons. The van der Waals surface area contributed by atoms with Crippen LogP contribution in [0.4, 0.5) is 23.5 Å². The van der Waals surface area contributed by atoms with Crippen LogP contribution in [0, 0.1) is 5.82 Å². The lowest BCUT2D eigenvalue weighted by Crippen LogP contribution is -2.34. The lowest BCUT2D eigenvalue weighted by atomic mass is 9.86. The maximum absolute atomic E-state index is 13.1. The first kappa shape index (κ1) is 15.7. The fourth-order valence-corrected chi connectivity index (χ4v) is 2.97. The molecule has 2 heterocycles. The van der Waals surface area contributed by atoms with Gasteiger partial charge in [-0.25, -0.2) is 14.4 Å². The number of nitrogens with zero attached hydrogens (tertiary/aromatic N) is 3. The maximum Gasteiger partial charge on any atom is 0.416 e. The van der Waals surface area contributed by atoms with Gasteiger partial charge in [0, 0.05) is 13.1 Å². The SMILES string of the molecule is Fc1cnc(N2CCC(c3ccccc3C(F)(F)F)CC2)nc1. The zero-order valence-corrected chi connectivity index (χ0v) is 12.2. The topological polar surface area (TPSA) is 29.0 Å². The van der Waals surface area contributed by atoms with E-state index in [1.807, 2.05) is 4.90 Å². The Labute approximate surface area is 131 Å². The molecule has 0 N–H and O–H groups in total. The molecule has 1 aliphatic rings. The number of hydrogen-bond acceptors (Lipinski definition) is 3. The molecule has 0 radical (unpaired) electrons. The molecule has 0 unspecified atom stereocenters. The van der Waals surface area contributed by atoms with E-state index < -0.39 is 17.6 Å². The van der Waals surface area contributed by atoms with Crippen LogP contribution in [-0.2, 0) is 6.18 Å². The van der Waals surface area contributed by atoms with E-state index in [1.54, 1.807) is 12.1 Å². The van der Waals surface area contributed by atoms with Gasteiger partial charge in [0.15, 0.2) is 5.82 Å². The van der Waals surface area contributed by atoms with E-state index in [9.17, 15) is 17.6 Å². The van der Waals surface area contributed by atoms with Gasteiger partial charge in [0.2, 0.25) is 5.95 Å². The minimum absolute atomic E-state index is 0.149. The summed E-state index contributed by atoms with van der Waals surface area (Å²) in [5.41, 5.74) is -0.212. The third kappa shape index (κ3) is 3.43. The number of benzene rings is 1. The molecule has 1 fully saturated rings. The van der Waals surface area contributed by atoms with E-state index in [4.69, 9.17) is 0 Å². The van der Waals surface area contributed by atoms with E-state index in [2.05, 4.69) is 9.97 Å². The van der Waals surface area contributed by atoms with Crippen LogP contribution < -0.4 is 4.90 Å². The first-order chi connectivity index (χ1) is 10.9. The first-order valence-electron chi connectivity index (χ1n) is 7.34. The summed E-state index contributed by atoms with van der Waals surface area (Å²) in [5, 5.41) is 0. The first-order valence-corrected chi connectivity index (χ1v) is 7.34. The molecule has 3 rings (SSSR count).